The fraction of sp³-hybridized carbons (Fsp3) is 0.739. The van der Waals surface area contributed by atoms with Gasteiger partial charge in [0.05, 0.1) is 4.90 Å². The minimum Gasteiger partial charge on any atom is -1.00 e. The first-order valence-electron chi connectivity index (χ1n) is 11.1. The van der Waals surface area contributed by atoms with Crippen LogP contribution in [0.2, 0.25) is 0 Å². The topological polar surface area (TPSA) is 54.4 Å². The van der Waals surface area contributed by atoms with E-state index in [0.717, 1.165) is 18.4 Å². The molecule has 0 aliphatic rings. The number of aryl methyl sites for hydroxylation is 1. The van der Waals surface area contributed by atoms with Crippen molar-refractivity contribution in [1.82, 2.24) is 0 Å². The number of hydrogen-bond donors (Lipinski definition) is 1. The van der Waals surface area contributed by atoms with Crippen LogP contribution in [-0.4, -0.2) is 50.7 Å². The molecule has 1 aromatic rings. The fourth-order valence-corrected chi connectivity index (χ4v) is 4.40. The Morgan fingerprint density at radius 1 is 0.714 bits per heavy atom. The quantitative estimate of drug-likeness (QED) is 0.159. The van der Waals surface area contributed by atoms with Gasteiger partial charge in [0.25, 0.3) is 10.1 Å². The summed E-state index contributed by atoms with van der Waals surface area (Å²) in [6.07, 6.45) is 20.5. The van der Waals surface area contributed by atoms with Gasteiger partial charge in [0.15, 0.2) is 0 Å². The summed E-state index contributed by atoms with van der Waals surface area (Å²) in [4.78, 5) is 0.0652. The second-order valence-electron chi connectivity index (χ2n) is 7.78. The molecule has 0 radical (unpaired) electrons. The van der Waals surface area contributed by atoms with Crippen LogP contribution in [0.4, 0.5) is 0 Å². The molecule has 5 heteroatoms. The standard InChI is InChI=1S/C23H40O3S.Ca.2H/c1-2-3-4-5-6-7-8-9-10-11-12-13-14-15-16-19-22-20-17-18-21-23(22)27(24,25)26;;;/h17-18,20-21H,2-16,19H2,1H3,(H,24,25,26);;;/q;+2;2*-1. The summed E-state index contributed by atoms with van der Waals surface area (Å²) >= 11 is 0. The van der Waals surface area contributed by atoms with E-state index in [1.165, 1.54) is 89.5 Å². The smallest absolute Gasteiger partial charge is 1.00 e. The summed E-state index contributed by atoms with van der Waals surface area (Å²) < 4.78 is 32.0. The van der Waals surface area contributed by atoms with E-state index in [1.807, 2.05) is 6.07 Å². The Hall–Kier alpha value is 0.390. The van der Waals surface area contributed by atoms with Crippen molar-refractivity contribution in [3.63, 3.8) is 0 Å². The summed E-state index contributed by atoms with van der Waals surface area (Å²) in [5.74, 6) is 0. The monoisotopic (exact) mass is 438 g/mol. The van der Waals surface area contributed by atoms with Crippen LogP contribution in [0.5, 0.6) is 0 Å². The first kappa shape index (κ1) is 28.4. The first-order valence-corrected chi connectivity index (χ1v) is 12.5. The minimum absolute atomic E-state index is 0. The Balaban J connectivity index is -0.00000243. The Morgan fingerprint density at radius 2 is 1.11 bits per heavy atom. The van der Waals surface area contributed by atoms with Gasteiger partial charge in [-0.15, -0.1) is 0 Å². The summed E-state index contributed by atoms with van der Waals surface area (Å²) in [6.45, 7) is 2.27. The molecule has 0 aliphatic carbocycles. The number of unbranched alkanes of at least 4 members (excludes halogenated alkanes) is 14. The van der Waals surface area contributed by atoms with Crippen molar-refractivity contribution in [3.8, 4) is 0 Å². The maximum absolute atomic E-state index is 11.4. The fourth-order valence-electron chi connectivity index (χ4n) is 3.65. The molecule has 1 N–H and O–H groups in total. The average molecular weight is 439 g/mol. The zero-order valence-corrected chi connectivity index (χ0v) is 21.0. The van der Waals surface area contributed by atoms with Crippen LogP contribution in [0.15, 0.2) is 29.2 Å². The van der Waals surface area contributed by atoms with E-state index in [2.05, 4.69) is 6.92 Å². The van der Waals surface area contributed by atoms with E-state index in [0.29, 0.717) is 6.42 Å². The van der Waals surface area contributed by atoms with Gasteiger partial charge < -0.3 is 2.85 Å². The van der Waals surface area contributed by atoms with Gasteiger partial charge in [-0.3, -0.25) is 4.55 Å². The molecule has 0 spiro atoms. The Kier molecular flexibility index (Phi) is 18.4. The van der Waals surface area contributed by atoms with E-state index >= 15 is 0 Å². The van der Waals surface area contributed by atoms with Gasteiger partial charge in [-0.25, -0.2) is 0 Å². The molecule has 0 aliphatic heterocycles. The van der Waals surface area contributed by atoms with E-state index in [4.69, 9.17) is 0 Å². The molecule has 0 fully saturated rings. The first-order chi connectivity index (χ1) is 13.1. The molecule has 1 aromatic carbocycles. The van der Waals surface area contributed by atoms with Gasteiger partial charge in [-0.05, 0) is 24.5 Å². The van der Waals surface area contributed by atoms with Crippen molar-refractivity contribution in [2.24, 2.45) is 0 Å². The molecule has 1 rings (SSSR count). The molecule has 0 aromatic heterocycles. The van der Waals surface area contributed by atoms with E-state index < -0.39 is 10.1 Å². The van der Waals surface area contributed by atoms with Crippen LogP contribution in [0.25, 0.3) is 0 Å². The van der Waals surface area contributed by atoms with Crippen molar-refractivity contribution in [2.75, 3.05) is 0 Å². The molecular formula is C23H42CaO3S. The largest absolute Gasteiger partial charge is 2.00 e. The van der Waals surface area contributed by atoms with Gasteiger partial charge in [0.1, 0.15) is 0 Å². The summed E-state index contributed by atoms with van der Waals surface area (Å²) in [7, 11) is -4.10. The van der Waals surface area contributed by atoms with Gasteiger partial charge in [-0.1, -0.05) is 115 Å². The minimum atomic E-state index is -4.10. The third kappa shape index (κ3) is 14.4. The number of benzene rings is 1. The van der Waals surface area contributed by atoms with Crippen molar-refractivity contribution >= 4 is 47.9 Å². The van der Waals surface area contributed by atoms with Crippen LogP contribution in [0.1, 0.15) is 112 Å². The molecule has 28 heavy (non-hydrogen) atoms. The predicted octanol–water partition coefficient (Wildman–Crippen LogP) is 7.19. The molecule has 0 amide bonds. The van der Waals surface area contributed by atoms with Crippen molar-refractivity contribution in [3.05, 3.63) is 29.8 Å². The second kappa shape index (κ2) is 18.2. The van der Waals surface area contributed by atoms with Crippen LogP contribution < -0.4 is 0 Å². The Bertz CT molecular complexity index is 598. The van der Waals surface area contributed by atoms with E-state index in [-0.39, 0.29) is 45.5 Å². The molecule has 3 nitrogen and oxygen atoms in total. The predicted molar refractivity (Wildman–Crippen MR) is 123 cm³/mol. The summed E-state index contributed by atoms with van der Waals surface area (Å²) in [5, 5.41) is 0. The second-order valence-corrected chi connectivity index (χ2v) is 9.17. The molecular weight excluding hydrogens is 396 g/mol. The Morgan fingerprint density at radius 3 is 1.54 bits per heavy atom. The van der Waals surface area contributed by atoms with E-state index in [1.54, 1.807) is 12.1 Å². The van der Waals surface area contributed by atoms with Crippen LogP contribution in [0, 0.1) is 0 Å². The third-order valence-corrected chi connectivity index (χ3v) is 6.25. The van der Waals surface area contributed by atoms with Crippen molar-refractivity contribution in [2.45, 2.75) is 115 Å². The van der Waals surface area contributed by atoms with Gasteiger partial charge >= 0.3 is 37.7 Å². The third-order valence-electron chi connectivity index (χ3n) is 5.30. The maximum Gasteiger partial charge on any atom is 2.00 e. The van der Waals surface area contributed by atoms with Crippen molar-refractivity contribution in [1.29, 1.82) is 0 Å². The average Bonchev–Trinajstić information content (AvgIpc) is 2.64. The molecule has 160 valence electrons. The van der Waals surface area contributed by atoms with E-state index in [9.17, 15) is 13.0 Å². The van der Waals surface area contributed by atoms with Crippen molar-refractivity contribution < 1.29 is 15.8 Å². The summed E-state index contributed by atoms with van der Waals surface area (Å²) in [6, 6.07) is 6.76. The van der Waals surface area contributed by atoms with Crippen LogP contribution in [-0.2, 0) is 16.5 Å². The molecule has 0 saturated carbocycles. The zero-order chi connectivity index (χ0) is 19.8. The maximum atomic E-state index is 11.4. The van der Waals surface area contributed by atoms with Crippen LogP contribution in [0.3, 0.4) is 0 Å². The van der Waals surface area contributed by atoms with Gasteiger partial charge in [0.2, 0.25) is 0 Å². The molecule has 0 heterocycles. The molecule has 0 bridgehead atoms. The molecule has 0 saturated heterocycles. The SMILES string of the molecule is CCCCCCCCCCCCCCCCCc1ccccc1S(=O)(=O)O.[Ca+2].[H-].[H-]. The van der Waals surface area contributed by atoms with Gasteiger partial charge in [0, 0.05) is 0 Å². The number of hydrogen-bond acceptors (Lipinski definition) is 2. The summed E-state index contributed by atoms with van der Waals surface area (Å²) in [5.41, 5.74) is 0.731. The Labute approximate surface area is 206 Å². The molecule has 0 unspecified atom stereocenters. The van der Waals surface area contributed by atoms with Crippen LogP contribution >= 0.6 is 0 Å². The normalized spacial score (nSPS) is 11.4. The molecule has 0 atom stereocenters. The van der Waals surface area contributed by atoms with Gasteiger partial charge in [-0.2, -0.15) is 8.42 Å². The zero-order valence-electron chi connectivity index (χ0n) is 20.0. The number of rotatable bonds is 17.